The van der Waals surface area contributed by atoms with Crippen LogP contribution in [0.25, 0.3) is 0 Å². The van der Waals surface area contributed by atoms with Crippen molar-refractivity contribution in [3.05, 3.63) is 83.4 Å². The summed E-state index contributed by atoms with van der Waals surface area (Å²) in [6, 6.07) is 13.4. The Kier molecular flexibility index (Phi) is 4.19. The molecule has 1 aromatic carbocycles. The Hall–Kier alpha value is -2.95. The fraction of sp³-hybridized carbons (Fsp3) is 0.167. The molecule has 0 fully saturated rings. The lowest BCUT2D eigenvalue weighted by atomic mass is 10.0. The Balaban J connectivity index is 1.94. The molecule has 0 amide bonds. The highest BCUT2D eigenvalue weighted by molar-refractivity contribution is 5.90. The van der Waals surface area contributed by atoms with E-state index < -0.39 is 6.10 Å². The van der Waals surface area contributed by atoms with Crippen molar-refractivity contribution in [2.45, 2.75) is 13.0 Å². The number of pyridine rings is 1. The van der Waals surface area contributed by atoms with Crippen molar-refractivity contribution in [1.82, 2.24) is 14.8 Å². The number of rotatable bonds is 4. The average molecular weight is 307 g/mol. The van der Waals surface area contributed by atoms with E-state index >= 15 is 0 Å². The van der Waals surface area contributed by atoms with Gasteiger partial charge in [0.1, 0.15) is 5.56 Å². The van der Waals surface area contributed by atoms with Gasteiger partial charge in [0.05, 0.1) is 6.20 Å². The van der Waals surface area contributed by atoms with Gasteiger partial charge in [-0.3, -0.25) is 9.67 Å². The molecule has 2 heterocycles. The molecule has 3 rings (SSSR count). The summed E-state index contributed by atoms with van der Waals surface area (Å²) in [7, 11) is 1.80. The molecule has 0 radical (unpaired) electrons. The predicted molar refractivity (Wildman–Crippen MR) is 85.9 cm³/mol. The number of ether oxygens (including phenoxy) is 1. The molecule has 0 aliphatic carbocycles. The molecule has 0 saturated heterocycles. The molecule has 116 valence electrons. The molecule has 0 spiro atoms. The topological polar surface area (TPSA) is 57.0 Å². The Morgan fingerprint density at radius 2 is 1.74 bits per heavy atom. The second kappa shape index (κ2) is 6.44. The molecule has 0 bridgehead atoms. The minimum atomic E-state index is -0.480. The van der Waals surface area contributed by atoms with Gasteiger partial charge in [-0.15, -0.1) is 0 Å². The van der Waals surface area contributed by atoms with Crippen molar-refractivity contribution in [3.8, 4) is 0 Å². The predicted octanol–water partition coefficient (Wildman–Crippen LogP) is 3.07. The zero-order chi connectivity index (χ0) is 16.2. The van der Waals surface area contributed by atoms with Crippen LogP contribution in [0.3, 0.4) is 0 Å². The lowest BCUT2D eigenvalue weighted by Gasteiger charge is -2.18. The third-order valence-electron chi connectivity index (χ3n) is 3.79. The highest BCUT2D eigenvalue weighted by Gasteiger charge is 2.22. The van der Waals surface area contributed by atoms with Crippen LogP contribution in [0.5, 0.6) is 0 Å². The van der Waals surface area contributed by atoms with Crippen molar-refractivity contribution in [3.63, 3.8) is 0 Å². The van der Waals surface area contributed by atoms with E-state index in [2.05, 4.69) is 10.1 Å². The summed E-state index contributed by atoms with van der Waals surface area (Å²) >= 11 is 0. The van der Waals surface area contributed by atoms with E-state index in [0.717, 1.165) is 16.8 Å². The van der Waals surface area contributed by atoms with Crippen molar-refractivity contribution in [2.24, 2.45) is 7.05 Å². The van der Waals surface area contributed by atoms with E-state index in [9.17, 15) is 4.79 Å². The number of hydrogen-bond donors (Lipinski definition) is 0. The Labute approximate surface area is 134 Å². The van der Waals surface area contributed by atoms with Crippen LogP contribution in [-0.2, 0) is 11.8 Å². The summed E-state index contributed by atoms with van der Waals surface area (Å²) in [6.45, 7) is 1.84. The summed E-state index contributed by atoms with van der Waals surface area (Å²) in [5.74, 6) is -0.388. The number of hydrogen-bond acceptors (Lipinski definition) is 4. The van der Waals surface area contributed by atoms with Gasteiger partial charge in [-0.1, -0.05) is 30.3 Å². The monoisotopic (exact) mass is 307 g/mol. The molecule has 5 heteroatoms. The lowest BCUT2D eigenvalue weighted by molar-refractivity contribution is 0.0377. The van der Waals surface area contributed by atoms with Gasteiger partial charge in [0.2, 0.25) is 0 Å². The molecule has 3 aromatic rings. The maximum atomic E-state index is 12.5. The zero-order valence-electron chi connectivity index (χ0n) is 13.0. The Bertz CT molecular complexity index is 758. The van der Waals surface area contributed by atoms with Gasteiger partial charge in [0.15, 0.2) is 6.10 Å². The molecule has 2 aromatic heterocycles. The van der Waals surface area contributed by atoms with E-state index in [1.807, 2.05) is 49.4 Å². The van der Waals surface area contributed by atoms with Crippen LogP contribution in [0.1, 0.15) is 33.3 Å². The van der Waals surface area contributed by atoms with Crippen molar-refractivity contribution in [1.29, 1.82) is 0 Å². The van der Waals surface area contributed by atoms with Gasteiger partial charge in [0.25, 0.3) is 0 Å². The third-order valence-corrected chi connectivity index (χ3v) is 3.79. The molecule has 5 nitrogen and oxygen atoms in total. The highest BCUT2D eigenvalue weighted by atomic mass is 16.5. The minimum Gasteiger partial charge on any atom is -0.449 e. The fourth-order valence-corrected chi connectivity index (χ4v) is 2.36. The molecular formula is C18H17N3O2. The van der Waals surface area contributed by atoms with Crippen LogP contribution >= 0.6 is 0 Å². The maximum Gasteiger partial charge on any atom is 0.342 e. The normalized spacial score (nSPS) is 11.9. The molecule has 23 heavy (non-hydrogen) atoms. The number of nitrogens with zero attached hydrogens (tertiary/aromatic N) is 3. The quantitative estimate of drug-likeness (QED) is 0.695. The first-order chi connectivity index (χ1) is 11.2. The molecular weight excluding hydrogens is 290 g/mol. The van der Waals surface area contributed by atoms with Crippen molar-refractivity contribution >= 4 is 5.97 Å². The zero-order valence-corrected chi connectivity index (χ0v) is 13.0. The van der Waals surface area contributed by atoms with Crippen molar-refractivity contribution < 1.29 is 9.53 Å². The summed E-state index contributed by atoms with van der Waals surface area (Å²) < 4.78 is 7.44. The number of carbonyl (C=O) groups is 1. The first kappa shape index (κ1) is 15.0. The SMILES string of the molecule is Cc1c(C(=O)OC(c2ccccc2)c2ccncc2)cnn1C. The Morgan fingerprint density at radius 3 is 2.35 bits per heavy atom. The summed E-state index contributed by atoms with van der Waals surface area (Å²) in [4.78, 5) is 16.6. The minimum absolute atomic E-state index is 0.388. The van der Waals surface area contributed by atoms with E-state index in [0.29, 0.717) is 5.56 Å². The first-order valence-electron chi connectivity index (χ1n) is 7.31. The van der Waals surface area contributed by atoms with Gasteiger partial charge in [-0.2, -0.15) is 5.10 Å². The molecule has 1 unspecified atom stereocenters. The number of aryl methyl sites for hydroxylation is 1. The highest BCUT2D eigenvalue weighted by Crippen LogP contribution is 2.27. The van der Waals surface area contributed by atoms with Crippen LogP contribution in [0.4, 0.5) is 0 Å². The molecule has 1 atom stereocenters. The van der Waals surface area contributed by atoms with Gasteiger partial charge < -0.3 is 4.74 Å². The van der Waals surface area contributed by atoms with E-state index in [1.54, 1.807) is 24.1 Å². The van der Waals surface area contributed by atoms with E-state index in [-0.39, 0.29) is 5.97 Å². The molecule has 0 N–H and O–H groups in total. The molecule has 0 aliphatic heterocycles. The largest absolute Gasteiger partial charge is 0.449 e. The maximum absolute atomic E-state index is 12.5. The first-order valence-corrected chi connectivity index (χ1v) is 7.31. The number of carbonyl (C=O) groups excluding carboxylic acids is 1. The van der Waals surface area contributed by atoms with Crippen LogP contribution in [0.15, 0.2) is 61.1 Å². The smallest absolute Gasteiger partial charge is 0.342 e. The molecule has 0 aliphatic rings. The van der Waals surface area contributed by atoms with Crippen LogP contribution in [0, 0.1) is 6.92 Å². The Morgan fingerprint density at radius 1 is 1.09 bits per heavy atom. The van der Waals surface area contributed by atoms with Gasteiger partial charge >= 0.3 is 5.97 Å². The lowest BCUT2D eigenvalue weighted by Crippen LogP contribution is -2.13. The summed E-state index contributed by atoms with van der Waals surface area (Å²) in [5.41, 5.74) is 3.04. The average Bonchev–Trinajstić information content (AvgIpc) is 2.93. The van der Waals surface area contributed by atoms with Gasteiger partial charge in [-0.25, -0.2) is 4.79 Å². The summed E-state index contributed by atoms with van der Waals surface area (Å²) in [5, 5.41) is 4.10. The summed E-state index contributed by atoms with van der Waals surface area (Å²) in [6.07, 6.45) is 4.43. The second-order valence-corrected chi connectivity index (χ2v) is 5.24. The standard InChI is InChI=1S/C18H17N3O2/c1-13-16(12-20-21(13)2)18(22)23-17(14-6-4-3-5-7-14)15-8-10-19-11-9-15/h3-12,17H,1-2H3. The number of aromatic nitrogens is 3. The third kappa shape index (κ3) is 3.13. The molecule has 0 saturated carbocycles. The van der Waals surface area contributed by atoms with Crippen molar-refractivity contribution in [2.75, 3.05) is 0 Å². The fourth-order valence-electron chi connectivity index (χ4n) is 2.36. The number of benzene rings is 1. The van der Waals surface area contributed by atoms with E-state index in [4.69, 9.17) is 4.74 Å². The van der Waals surface area contributed by atoms with Crippen LogP contribution < -0.4 is 0 Å². The van der Waals surface area contributed by atoms with Gasteiger partial charge in [0, 0.05) is 30.7 Å². The van der Waals surface area contributed by atoms with E-state index in [1.165, 1.54) is 6.20 Å². The van der Waals surface area contributed by atoms with Gasteiger partial charge in [-0.05, 0) is 24.6 Å². The van der Waals surface area contributed by atoms with Crippen LogP contribution in [-0.4, -0.2) is 20.7 Å². The second-order valence-electron chi connectivity index (χ2n) is 5.24. The number of esters is 1. The van der Waals surface area contributed by atoms with Crippen LogP contribution in [0.2, 0.25) is 0 Å².